The predicted molar refractivity (Wildman–Crippen MR) is 167 cm³/mol. The molecule has 0 N–H and O–H groups in total. The first-order chi connectivity index (χ1) is 16.7. The van der Waals surface area contributed by atoms with Gasteiger partial charge in [0.2, 0.25) is 0 Å². The topological polar surface area (TPSA) is 0 Å². The number of allylic oxidation sites excluding steroid dienone is 2. The second kappa shape index (κ2) is 10.5. The Morgan fingerprint density at radius 1 is 0.471 bits per heavy atom. The number of rotatable bonds is 0. The van der Waals surface area contributed by atoms with Crippen molar-refractivity contribution in [3.8, 4) is 0 Å². The molecule has 3 heterocycles. The van der Waals surface area contributed by atoms with E-state index < -0.39 is 0 Å². The molecule has 0 radical (unpaired) electrons. The minimum Gasteiger partial charge on any atom is -0.118 e. The molecule has 6 rings (SSSR count). The molecule has 0 fully saturated rings. The minimum absolute atomic E-state index is 1.23. The summed E-state index contributed by atoms with van der Waals surface area (Å²) in [6.07, 6.45) is 5.33. The van der Waals surface area contributed by atoms with Crippen LogP contribution in [0, 0.1) is 0 Å². The lowest BCUT2D eigenvalue weighted by molar-refractivity contribution is 0.712. The average Bonchev–Trinajstić information content (AvgIpc) is 3.40. The van der Waals surface area contributed by atoms with Gasteiger partial charge in [-0.1, -0.05) is 108 Å². The fourth-order valence-corrected chi connectivity index (χ4v) is 13.2. The van der Waals surface area contributed by atoms with Crippen molar-refractivity contribution in [1.82, 2.24) is 0 Å². The minimum atomic E-state index is 1.23. The molecular formula is C28H26S6. The maximum atomic E-state index is 2.34. The summed E-state index contributed by atoms with van der Waals surface area (Å²) in [7, 11) is 0. The van der Waals surface area contributed by atoms with E-state index in [9.17, 15) is 0 Å². The third-order valence-electron chi connectivity index (χ3n) is 6.28. The lowest BCUT2D eigenvalue weighted by atomic mass is 9.99. The lowest BCUT2D eigenvalue weighted by Gasteiger charge is -2.11. The summed E-state index contributed by atoms with van der Waals surface area (Å²) >= 11 is 12.1. The lowest BCUT2D eigenvalue weighted by Crippen LogP contribution is -2.16. The summed E-state index contributed by atoms with van der Waals surface area (Å²) < 4.78 is 5.91. The summed E-state index contributed by atoms with van der Waals surface area (Å²) in [6, 6.07) is 18.2. The van der Waals surface area contributed by atoms with E-state index in [1.807, 2.05) is 47.0 Å². The van der Waals surface area contributed by atoms with Crippen molar-refractivity contribution in [1.29, 1.82) is 0 Å². The SMILES string of the molecule is CC1=C2SCCCCCCSC3=C(C)SC(=c4c5ccccc5c(c5ccccc45)=C(S1)S2)S3. The average molecular weight is 555 g/mol. The van der Waals surface area contributed by atoms with E-state index in [0.29, 0.717) is 0 Å². The van der Waals surface area contributed by atoms with Gasteiger partial charge in [-0.2, -0.15) is 0 Å². The van der Waals surface area contributed by atoms with Crippen LogP contribution in [0.1, 0.15) is 39.5 Å². The van der Waals surface area contributed by atoms with Gasteiger partial charge < -0.3 is 0 Å². The van der Waals surface area contributed by atoms with Crippen LogP contribution in [0.15, 0.2) is 66.8 Å². The molecule has 0 saturated carbocycles. The Labute approximate surface area is 227 Å². The molecule has 0 nitrogen and oxygen atoms in total. The molecule has 0 unspecified atom stereocenters. The smallest absolute Gasteiger partial charge is 0.0586 e. The molecule has 0 saturated heterocycles. The molecule has 0 amide bonds. The Morgan fingerprint density at radius 3 is 1.24 bits per heavy atom. The zero-order valence-electron chi connectivity index (χ0n) is 19.3. The third-order valence-corrected chi connectivity index (χ3v) is 14.7. The molecule has 174 valence electrons. The van der Waals surface area contributed by atoms with E-state index in [-0.39, 0.29) is 0 Å². The molecule has 0 spiro atoms. The van der Waals surface area contributed by atoms with Gasteiger partial charge in [0.1, 0.15) is 0 Å². The van der Waals surface area contributed by atoms with Gasteiger partial charge in [-0.05, 0) is 59.7 Å². The molecule has 34 heavy (non-hydrogen) atoms. The van der Waals surface area contributed by atoms with Crippen LogP contribution in [-0.4, -0.2) is 11.5 Å². The summed E-state index contributed by atoms with van der Waals surface area (Å²) in [5.41, 5.74) is 0. The molecule has 3 aromatic carbocycles. The Balaban J connectivity index is 1.66. The molecule has 0 aromatic heterocycles. The van der Waals surface area contributed by atoms with Gasteiger partial charge >= 0.3 is 0 Å². The van der Waals surface area contributed by atoms with Gasteiger partial charge in [-0.3, -0.25) is 0 Å². The highest BCUT2D eigenvalue weighted by molar-refractivity contribution is 8.42. The number of fused-ring (bicyclic) bond motifs is 7. The van der Waals surface area contributed by atoms with E-state index in [0.717, 1.165) is 0 Å². The van der Waals surface area contributed by atoms with Crippen LogP contribution in [0.25, 0.3) is 30.0 Å². The summed E-state index contributed by atoms with van der Waals surface area (Å²) in [5.74, 6) is 2.46. The summed E-state index contributed by atoms with van der Waals surface area (Å²) in [4.78, 5) is 2.94. The molecule has 3 aliphatic rings. The van der Waals surface area contributed by atoms with Gasteiger partial charge in [0.15, 0.2) is 0 Å². The number of benzene rings is 3. The first kappa shape index (κ1) is 23.9. The van der Waals surface area contributed by atoms with Gasteiger partial charge in [-0.25, -0.2) is 0 Å². The fourth-order valence-electron chi connectivity index (χ4n) is 4.64. The van der Waals surface area contributed by atoms with Crippen LogP contribution in [0.4, 0.5) is 0 Å². The van der Waals surface area contributed by atoms with Crippen molar-refractivity contribution in [2.45, 2.75) is 39.5 Å². The largest absolute Gasteiger partial charge is 0.118 e. The third kappa shape index (κ3) is 4.52. The van der Waals surface area contributed by atoms with Crippen LogP contribution >= 0.6 is 70.6 Å². The molecule has 3 aliphatic heterocycles. The first-order valence-corrected chi connectivity index (χ1v) is 17.0. The van der Waals surface area contributed by atoms with Crippen molar-refractivity contribution in [2.75, 3.05) is 11.5 Å². The van der Waals surface area contributed by atoms with Crippen LogP contribution in [0.2, 0.25) is 0 Å². The van der Waals surface area contributed by atoms with Crippen LogP contribution < -0.4 is 10.4 Å². The van der Waals surface area contributed by atoms with E-state index in [1.54, 1.807) is 0 Å². The Morgan fingerprint density at radius 2 is 0.853 bits per heavy atom. The van der Waals surface area contributed by atoms with Crippen molar-refractivity contribution in [3.05, 3.63) is 77.3 Å². The van der Waals surface area contributed by atoms with Gasteiger partial charge in [0.25, 0.3) is 0 Å². The molecule has 0 aliphatic carbocycles. The maximum Gasteiger partial charge on any atom is 0.0586 e. The van der Waals surface area contributed by atoms with Gasteiger partial charge in [-0.15, -0.1) is 23.5 Å². The Kier molecular flexibility index (Phi) is 7.35. The highest BCUT2D eigenvalue weighted by atomic mass is 32.2. The summed E-state index contributed by atoms with van der Waals surface area (Å²) in [6.45, 7) is 4.62. The van der Waals surface area contributed by atoms with Crippen LogP contribution in [0.5, 0.6) is 0 Å². The number of hydrogen-bond donors (Lipinski definition) is 0. The first-order valence-electron chi connectivity index (χ1n) is 11.8. The van der Waals surface area contributed by atoms with E-state index >= 15 is 0 Å². The molecule has 6 bridgehead atoms. The van der Waals surface area contributed by atoms with Gasteiger partial charge in [0, 0.05) is 20.2 Å². The second-order valence-electron chi connectivity index (χ2n) is 8.62. The molecule has 0 atom stereocenters. The normalized spacial score (nSPS) is 20.1. The number of hydrogen-bond acceptors (Lipinski definition) is 6. The molecule has 6 heteroatoms. The Hall–Kier alpha value is -0.500. The Bertz CT molecular complexity index is 1310. The van der Waals surface area contributed by atoms with E-state index in [1.165, 1.54) is 95.9 Å². The summed E-state index contributed by atoms with van der Waals surface area (Å²) in [5, 5.41) is 8.40. The zero-order chi connectivity index (χ0) is 23.1. The van der Waals surface area contributed by atoms with Crippen LogP contribution in [-0.2, 0) is 0 Å². The van der Waals surface area contributed by atoms with Crippen molar-refractivity contribution in [3.63, 3.8) is 0 Å². The standard InChI is InChI=1S/C28H26S6/c1-17-25-29-15-9-3-4-10-16-30-26-18(2)32-28(34-26)24-21-13-7-5-11-19(21)23(27(31-17)33-25)20-12-6-8-14-22(20)24/h5-8,11-14H,3-4,9-10,15-16H2,1-2H3. The van der Waals surface area contributed by atoms with Crippen molar-refractivity contribution < 1.29 is 0 Å². The fraction of sp³-hybridized carbons (Fsp3) is 0.286. The monoisotopic (exact) mass is 554 g/mol. The van der Waals surface area contributed by atoms with Crippen molar-refractivity contribution >= 4 is 101 Å². The van der Waals surface area contributed by atoms with Crippen molar-refractivity contribution in [2.24, 2.45) is 0 Å². The van der Waals surface area contributed by atoms with Crippen LogP contribution in [0.3, 0.4) is 0 Å². The molecular weight excluding hydrogens is 529 g/mol. The highest BCUT2D eigenvalue weighted by Gasteiger charge is 2.24. The highest BCUT2D eigenvalue weighted by Crippen LogP contribution is 2.55. The number of thioether (sulfide) groups is 6. The maximum absolute atomic E-state index is 2.34. The van der Waals surface area contributed by atoms with Gasteiger partial charge in [0.05, 0.1) is 16.9 Å². The second-order valence-corrected chi connectivity index (χ2v) is 16.4. The predicted octanol–water partition coefficient (Wildman–Crippen LogP) is 9.50. The molecule has 3 aromatic rings. The van der Waals surface area contributed by atoms with E-state index in [2.05, 4.69) is 85.9 Å². The van der Waals surface area contributed by atoms with E-state index in [4.69, 9.17) is 0 Å². The quantitative estimate of drug-likeness (QED) is 0.252. The zero-order valence-corrected chi connectivity index (χ0v) is 24.2.